The standard InChI is InChI=1S/C19H26N4O2/c1-15(24)23-11-9-22(10-12-23)8-7-20-19(25)13-16-14-21(2)18-6-4-3-5-17(16)18/h3-6,14H,7-13H2,1-2H3,(H,20,25). The quantitative estimate of drug-likeness (QED) is 0.882. The molecule has 2 amide bonds. The van der Waals surface area contributed by atoms with Gasteiger partial charge < -0.3 is 14.8 Å². The van der Waals surface area contributed by atoms with Crippen LogP contribution in [-0.2, 0) is 23.1 Å². The number of hydrogen-bond donors (Lipinski definition) is 1. The summed E-state index contributed by atoms with van der Waals surface area (Å²) in [4.78, 5) is 27.7. The number of carbonyl (C=O) groups is 2. The van der Waals surface area contributed by atoms with Crippen LogP contribution in [0.1, 0.15) is 12.5 Å². The molecule has 1 saturated heterocycles. The second-order valence-electron chi connectivity index (χ2n) is 6.66. The summed E-state index contributed by atoms with van der Waals surface area (Å²) in [6.45, 7) is 6.38. The van der Waals surface area contributed by atoms with Gasteiger partial charge in [-0.3, -0.25) is 14.5 Å². The number of nitrogens with zero attached hydrogens (tertiary/aromatic N) is 3. The molecule has 0 atom stereocenters. The first kappa shape index (κ1) is 17.5. The Balaban J connectivity index is 1.45. The van der Waals surface area contributed by atoms with Crippen molar-refractivity contribution in [2.75, 3.05) is 39.3 Å². The van der Waals surface area contributed by atoms with Crippen LogP contribution in [0, 0.1) is 0 Å². The summed E-state index contributed by atoms with van der Waals surface area (Å²) in [7, 11) is 2.00. The Morgan fingerprint density at radius 1 is 1.12 bits per heavy atom. The number of para-hydroxylation sites is 1. The molecule has 2 aromatic rings. The minimum absolute atomic E-state index is 0.0544. The SMILES string of the molecule is CC(=O)N1CCN(CCNC(=O)Cc2cn(C)c3ccccc23)CC1. The summed E-state index contributed by atoms with van der Waals surface area (Å²) in [6, 6.07) is 8.15. The summed E-state index contributed by atoms with van der Waals surface area (Å²) >= 11 is 0. The monoisotopic (exact) mass is 342 g/mol. The maximum absolute atomic E-state index is 12.3. The minimum Gasteiger partial charge on any atom is -0.355 e. The molecule has 0 saturated carbocycles. The fraction of sp³-hybridized carbons (Fsp3) is 0.474. The van der Waals surface area contributed by atoms with Crippen molar-refractivity contribution in [2.24, 2.45) is 7.05 Å². The number of benzene rings is 1. The van der Waals surface area contributed by atoms with Crippen molar-refractivity contribution in [3.63, 3.8) is 0 Å². The molecule has 0 unspecified atom stereocenters. The third-order valence-corrected chi connectivity index (χ3v) is 4.90. The third-order valence-electron chi connectivity index (χ3n) is 4.90. The summed E-state index contributed by atoms with van der Waals surface area (Å²) < 4.78 is 2.06. The average Bonchev–Trinajstić information content (AvgIpc) is 2.91. The molecule has 6 nitrogen and oxygen atoms in total. The average molecular weight is 342 g/mol. The minimum atomic E-state index is 0.0544. The molecular weight excluding hydrogens is 316 g/mol. The molecular formula is C19H26N4O2. The van der Waals surface area contributed by atoms with E-state index in [1.165, 1.54) is 0 Å². The van der Waals surface area contributed by atoms with Gasteiger partial charge in [0, 0.05) is 70.3 Å². The van der Waals surface area contributed by atoms with Crippen LogP contribution in [0.25, 0.3) is 10.9 Å². The van der Waals surface area contributed by atoms with Gasteiger partial charge in [-0.1, -0.05) is 18.2 Å². The predicted molar refractivity (Wildman–Crippen MR) is 98.3 cm³/mol. The molecule has 0 bridgehead atoms. The van der Waals surface area contributed by atoms with E-state index in [0.29, 0.717) is 13.0 Å². The molecule has 1 aliphatic heterocycles. The Morgan fingerprint density at radius 3 is 2.56 bits per heavy atom. The molecule has 25 heavy (non-hydrogen) atoms. The summed E-state index contributed by atoms with van der Waals surface area (Å²) in [5.74, 6) is 0.196. The number of amides is 2. The van der Waals surface area contributed by atoms with Gasteiger partial charge in [-0.25, -0.2) is 0 Å². The van der Waals surface area contributed by atoms with Crippen molar-refractivity contribution >= 4 is 22.7 Å². The number of aromatic nitrogens is 1. The van der Waals surface area contributed by atoms with E-state index in [1.54, 1.807) is 6.92 Å². The molecule has 0 spiro atoms. The lowest BCUT2D eigenvalue weighted by molar-refractivity contribution is -0.130. The molecule has 134 valence electrons. The lowest BCUT2D eigenvalue weighted by Crippen LogP contribution is -2.49. The number of carbonyl (C=O) groups excluding carboxylic acids is 2. The second-order valence-corrected chi connectivity index (χ2v) is 6.66. The highest BCUT2D eigenvalue weighted by Crippen LogP contribution is 2.20. The predicted octanol–water partition coefficient (Wildman–Crippen LogP) is 1.00. The molecule has 0 radical (unpaired) electrons. The summed E-state index contributed by atoms with van der Waals surface area (Å²) in [6.07, 6.45) is 2.44. The van der Waals surface area contributed by atoms with E-state index < -0.39 is 0 Å². The molecule has 1 aliphatic rings. The van der Waals surface area contributed by atoms with Crippen molar-refractivity contribution in [2.45, 2.75) is 13.3 Å². The van der Waals surface area contributed by atoms with Crippen LogP contribution in [0.4, 0.5) is 0 Å². The molecule has 3 rings (SSSR count). The number of piperazine rings is 1. The first-order chi connectivity index (χ1) is 12.0. The van der Waals surface area contributed by atoms with Crippen LogP contribution in [-0.4, -0.2) is 65.4 Å². The van der Waals surface area contributed by atoms with Crippen LogP contribution >= 0.6 is 0 Å². The number of aryl methyl sites for hydroxylation is 1. The topological polar surface area (TPSA) is 57.6 Å². The number of hydrogen-bond acceptors (Lipinski definition) is 3. The Kier molecular flexibility index (Phi) is 5.38. The van der Waals surface area contributed by atoms with Crippen molar-refractivity contribution < 1.29 is 9.59 Å². The molecule has 2 heterocycles. The van der Waals surface area contributed by atoms with Crippen molar-refractivity contribution in [3.05, 3.63) is 36.0 Å². The zero-order valence-electron chi connectivity index (χ0n) is 15.0. The van der Waals surface area contributed by atoms with Crippen molar-refractivity contribution in [1.29, 1.82) is 0 Å². The van der Waals surface area contributed by atoms with Gasteiger partial charge in [0.1, 0.15) is 0 Å². The summed E-state index contributed by atoms with van der Waals surface area (Å²) in [5.41, 5.74) is 2.21. The second kappa shape index (κ2) is 7.70. The molecule has 1 N–H and O–H groups in total. The van der Waals surface area contributed by atoms with Gasteiger partial charge in [0.25, 0.3) is 0 Å². The van der Waals surface area contributed by atoms with E-state index in [4.69, 9.17) is 0 Å². The van der Waals surface area contributed by atoms with Gasteiger partial charge in [-0.2, -0.15) is 0 Å². The van der Waals surface area contributed by atoms with Gasteiger partial charge in [0.15, 0.2) is 0 Å². The molecule has 6 heteroatoms. The highest BCUT2D eigenvalue weighted by molar-refractivity contribution is 5.89. The Bertz CT molecular complexity index is 760. The van der Waals surface area contributed by atoms with E-state index >= 15 is 0 Å². The highest BCUT2D eigenvalue weighted by Gasteiger charge is 2.18. The molecule has 1 aromatic carbocycles. The molecule has 1 fully saturated rings. The van der Waals surface area contributed by atoms with E-state index in [0.717, 1.165) is 49.2 Å². The van der Waals surface area contributed by atoms with Gasteiger partial charge in [0.05, 0.1) is 6.42 Å². The lowest BCUT2D eigenvalue weighted by Gasteiger charge is -2.34. The maximum atomic E-state index is 12.3. The van der Waals surface area contributed by atoms with Crippen molar-refractivity contribution in [1.82, 2.24) is 19.7 Å². The van der Waals surface area contributed by atoms with Gasteiger partial charge in [-0.05, 0) is 11.6 Å². The van der Waals surface area contributed by atoms with Crippen molar-refractivity contribution in [3.8, 4) is 0 Å². The van der Waals surface area contributed by atoms with Crippen LogP contribution in [0.3, 0.4) is 0 Å². The first-order valence-electron chi connectivity index (χ1n) is 8.82. The largest absolute Gasteiger partial charge is 0.355 e. The zero-order chi connectivity index (χ0) is 17.8. The van der Waals surface area contributed by atoms with E-state index in [9.17, 15) is 9.59 Å². The fourth-order valence-electron chi connectivity index (χ4n) is 3.44. The molecule has 1 aromatic heterocycles. The summed E-state index contributed by atoms with van der Waals surface area (Å²) in [5, 5.41) is 4.16. The van der Waals surface area contributed by atoms with Crippen LogP contribution < -0.4 is 5.32 Å². The Labute approximate surface area is 148 Å². The maximum Gasteiger partial charge on any atom is 0.224 e. The lowest BCUT2D eigenvalue weighted by atomic mass is 10.1. The van der Waals surface area contributed by atoms with Crippen LogP contribution in [0.2, 0.25) is 0 Å². The molecule has 0 aliphatic carbocycles. The van der Waals surface area contributed by atoms with E-state index in [-0.39, 0.29) is 11.8 Å². The smallest absolute Gasteiger partial charge is 0.224 e. The number of fused-ring (bicyclic) bond motifs is 1. The normalized spacial score (nSPS) is 15.5. The van der Waals surface area contributed by atoms with Crippen LogP contribution in [0.15, 0.2) is 30.5 Å². The highest BCUT2D eigenvalue weighted by atomic mass is 16.2. The fourth-order valence-corrected chi connectivity index (χ4v) is 3.44. The first-order valence-corrected chi connectivity index (χ1v) is 8.82. The van der Waals surface area contributed by atoms with Gasteiger partial charge in [-0.15, -0.1) is 0 Å². The number of nitrogens with one attached hydrogen (secondary N) is 1. The van der Waals surface area contributed by atoms with Gasteiger partial charge >= 0.3 is 0 Å². The number of rotatable bonds is 5. The van der Waals surface area contributed by atoms with Crippen LogP contribution in [0.5, 0.6) is 0 Å². The van der Waals surface area contributed by atoms with E-state index in [2.05, 4.69) is 26.9 Å². The third kappa shape index (κ3) is 4.20. The Morgan fingerprint density at radius 2 is 1.84 bits per heavy atom. The zero-order valence-corrected chi connectivity index (χ0v) is 15.0. The van der Waals surface area contributed by atoms with Gasteiger partial charge in [0.2, 0.25) is 11.8 Å². The van der Waals surface area contributed by atoms with E-state index in [1.807, 2.05) is 30.3 Å². The Hall–Kier alpha value is -2.34.